The molecule has 0 spiro atoms. The van der Waals surface area contributed by atoms with Crippen LogP contribution in [0.15, 0.2) is 18.2 Å². The summed E-state index contributed by atoms with van der Waals surface area (Å²) in [7, 11) is 0. The van der Waals surface area contributed by atoms with Crippen LogP contribution in [0.2, 0.25) is 0 Å². The molecule has 0 aromatic heterocycles. The number of halogens is 3. The number of aromatic hydroxyl groups is 1. The van der Waals surface area contributed by atoms with E-state index in [9.17, 15) is 18.3 Å². The molecular weight excluding hydrogens is 309 g/mol. The molecule has 0 bridgehead atoms. The molecule has 1 aliphatic heterocycles. The van der Waals surface area contributed by atoms with Crippen molar-refractivity contribution in [3.05, 3.63) is 23.8 Å². The number of alkyl halides is 3. The maximum absolute atomic E-state index is 12.5. The topological polar surface area (TPSA) is 44.7 Å². The molecule has 0 unspecified atom stereocenters. The number of hydrogen-bond donors (Lipinski definition) is 2. The SMILES string of the molecule is Oc1c(OC(F)(F)F)cccc1[C@H](CC1CC1)N1CCNCC1. The Labute approximate surface area is 133 Å². The van der Waals surface area contributed by atoms with Gasteiger partial charge in [-0.25, -0.2) is 0 Å². The molecule has 2 aliphatic rings. The Morgan fingerprint density at radius 1 is 1.26 bits per heavy atom. The van der Waals surface area contributed by atoms with Gasteiger partial charge in [-0.3, -0.25) is 4.90 Å². The van der Waals surface area contributed by atoms with Gasteiger partial charge in [0.1, 0.15) is 0 Å². The minimum absolute atomic E-state index is 0.0682. The number of rotatable bonds is 5. The molecule has 1 aromatic carbocycles. The van der Waals surface area contributed by atoms with Crippen molar-refractivity contribution in [2.45, 2.75) is 31.7 Å². The summed E-state index contributed by atoms with van der Waals surface area (Å²) in [4.78, 5) is 2.24. The monoisotopic (exact) mass is 330 g/mol. The third-order valence-electron chi connectivity index (χ3n) is 4.46. The Bertz CT molecular complexity index is 541. The van der Waals surface area contributed by atoms with Gasteiger partial charge in [0.15, 0.2) is 11.5 Å². The summed E-state index contributed by atoms with van der Waals surface area (Å²) < 4.78 is 41.4. The average Bonchev–Trinajstić information content (AvgIpc) is 3.31. The van der Waals surface area contributed by atoms with Crippen LogP contribution in [-0.2, 0) is 0 Å². The maximum Gasteiger partial charge on any atom is 0.573 e. The lowest BCUT2D eigenvalue weighted by atomic mass is 9.97. The van der Waals surface area contributed by atoms with Crippen molar-refractivity contribution in [2.75, 3.05) is 26.2 Å². The molecule has 2 fully saturated rings. The molecule has 1 saturated heterocycles. The number of hydrogen-bond acceptors (Lipinski definition) is 4. The van der Waals surface area contributed by atoms with E-state index in [4.69, 9.17) is 0 Å². The van der Waals surface area contributed by atoms with Crippen LogP contribution in [0.5, 0.6) is 11.5 Å². The molecule has 1 atom stereocenters. The Hall–Kier alpha value is -1.47. The zero-order chi connectivity index (χ0) is 16.4. The van der Waals surface area contributed by atoms with Crippen molar-refractivity contribution in [3.63, 3.8) is 0 Å². The minimum Gasteiger partial charge on any atom is -0.504 e. The van der Waals surface area contributed by atoms with Crippen molar-refractivity contribution >= 4 is 0 Å². The van der Waals surface area contributed by atoms with E-state index in [1.807, 2.05) is 0 Å². The number of benzene rings is 1. The number of ether oxygens (including phenoxy) is 1. The molecule has 4 nitrogen and oxygen atoms in total. The van der Waals surface area contributed by atoms with E-state index in [0.717, 1.165) is 51.5 Å². The lowest BCUT2D eigenvalue weighted by Gasteiger charge is -2.35. The minimum atomic E-state index is -4.81. The van der Waals surface area contributed by atoms with Gasteiger partial charge in [0.05, 0.1) is 0 Å². The first-order valence-electron chi connectivity index (χ1n) is 7.96. The summed E-state index contributed by atoms with van der Waals surface area (Å²) >= 11 is 0. The molecule has 0 radical (unpaired) electrons. The van der Waals surface area contributed by atoms with E-state index in [1.165, 1.54) is 6.07 Å². The molecule has 1 heterocycles. The molecule has 1 aromatic rings. The second-order valence-electron chi connectivity index (χ2n) is 6.22. The number of phenols is 1. The van der Waals surface area contributed by atoms with Crippen LogP contribution in [0, 0.1) is 5.92 Å². The van der Waals surface area contributed by atoms with Crippen molar-refractivity contribution in [1.29, 1.82) is 0 Å². The summed E-state index contributed by atoms with van der Waals surface area (Å²) in [5.74, 6) is -0.318. The highest BCUT2D eigenvalue weighted by molar-refractivity contribution is 5.47. The highest BCUT2D eigenvalue weighted by atomic mass is 19.4. The zero-order valence-corrected chi connectivity index (χ0v) is 12.8. The molecule has 7 heteroatoms. The Morgan fingerprint density at radius 3 is 2.57 bits per heavy atom. The third kappa shape index (κ3) is 4.29. The first-order chi connectivity index (χ1) is 10.9. The van der Waals surface area contributed by atoms with Gasteiger partial charge in [0.2, 0.25) is 0 Å². The standard InChI is InChI=1S/C16H21F3N2O2/c17-16(18,19)23-14-3-1-2-12(15(14)22)13(10-11-4-5-11)21-8-6-20-7-9-21/h1-3,11,13,20,22H,4-10H2/t13-/m0/s1. The van der Waals surface area contributed by atoms with Crippen LogP contribution in [0.3, 0.4) is 0 Å². The first kappa shape index (κ1) is 16.4. The van der Waals surface area contributed by atoms with E-state index in [0.29, 0.717) is 11.5 Å². The van der Waals surface area contributed by atoms with E-state index >= 15 is 0 Å². The Kier molecular flexibility index (Phi) is 4.68. The Balaban J connectivity index is 1.86. The largest absolute Gasteiger partial charge is 0.573 e. The van der Waals surface area contributed by atoms with Crippen LogP contribution >= 0.6 is 0 Å². The molecule has 3 rings (SSSR count). The van der Waals surface area contributed by atoms with Gasteiger partial charge >= 0.3 is 6.36 Å². The summed E-state index contributed by atoms with van der Waals surface area (Å²) in [5.41, 5.74) is 0.528. The normalized spacial score (nSPS) is 21.2. The molecule has 23 heavy (non-hydrogen) atoms. The fourth-order valence-corrected chi connectivity index (χ4v) is 3.15. The number of nitrogens with one attached hydrogen (secondary N) is 1. The van der Waals surface area contributed by atoms with Crippen molar-refractivity contribution in [2.24, 2.45) is 5.92 Å². The van der Waals surface area contributed by atoms with Crippen molar-refractivity contribution in [3.8, 4) is 11.5 Å². The smallest absolute Gasteiger partial charge is 0.504 e. The van der Waals surface area contributed by atoms with Crippen LogP contribution in [0.1, 0.15) is 30.9 Å². The maximum atomic E-state index is 12.5. The summed E-state index contributed by atoms with van der Waals surface area (Å²) in [6, 6.07) is 4.30. The highest BCUT2D eigenvalue weighted by Crippen LogP contribution is 2.45. The first-order valence-corrected chi connectivity index (χ1v) is 7.96. The van der Waals surface area contributed by atoms with Gasteiger partial charge in [0, 0.05) is 37.8 Å². The summed E-state index contributed by atoms with van der Waals surface area (Å²) in [5, 5.41) is 13.6. The quantitative estimate of drug-likeness (QED) is 0.871. The predicted molar refractivity (Wildman–Crippen MR) is 79.3 cm³/mol. The van der Waals surface area contributed by atoms with Crippen LogP contribution in [0.25, 0.3) is 0 Å². The number of nitrogens with zero attached hydrogens (tertiary/aromatic N) is 1. The predicted octanol–water partition coefficient (Wildman–Crippen LogP) is 3.04. The van der Waals surface area contributed by atoms with Gasteiger partial charge in [-0.15, -0.1) is 13.2 Å². The zero-order valence-electron chi connectivity index (χ0n) is 12.8. The fourth-order valence-electron chi connectivity index (χ4n) is 3.15. The van der Waals surface area contributed by atoms with Crippen LogP contribution in [-0.4, -0.2) is 42.5 Å². The second kappa shape index (κ2) is 6.57. The molecular formula is C16H21F3N2O2. The molecule has 1 aliphatic carbocycles. The van der Waals surface area contributed by atoms with Crippen molar-refractivity contribution in [1.82, 2.24) is 10.2 Å². The van der Waals surface area contributed by atoms with Gasteiger partial charge in [-0.2, -0.15) is 0 Å². The van der Waals surface area contributed by atoms with Crippen LogP contribution in [0.4, 0.5) is 13.2 Å². The molecule has 1 saturated carbocycles. The van der Waals surface area contributed by atoms with E-state index < -0.39 is 17.9 Å². The number of para-hydroxylation sites is 1. The Morgan fingerprint density at radius 2 is 1.96 bits per heavy atom. The third-order valence-corrected chi connectivity index (χ3v) is 4.46. The fraction of sp³-hybridized carbons (Fsp3) is 0.625. The number of piperazine rings is 1. The van der Waals surface area contributed by atoms with Crippen LogP contribution < -0.4 is 10.1 Å². The van der Waals surface area contributed by atoms with E-state index in [2.05, 4.69) is 15.0 Å². The second-order valence-corrected chi connectivity index (χ2v) is 6.22. The van der Waals surface area contributed by atoms with Gasteiger partial charge in [0.25, 0.3) is 0 Å². The summed E-state index contributed by atoms with van der Waals surface area (Å²) in [6.45, 7) is 3.34. The van der Waals surface area contributed by atoms with Gasteiger partial charge in [-0.05, 0) is 18.4 Å². The van der Waals surface area contributed by atoms with E-state index in [1.54, 1.807) is 6.07 Å². The van der Waals surface area contributed by atoms with Gasteiger partial charge in [-0.1, -0.05) is 25.0 Å². The highest BCUT2D eigenvalue weighted by Gasteiger charge is 2.35. The lowest BCUT2D eigenvalue weighted by Crippen LogP contribution is -2.45. The lowest BCUT2D eigenvalue weighted by molar-refractivity contribution is -0.275. The van der Waals surface area contributed by atoms with Gasteiger partial charge < -0.3 is 15.2 Å². The average molecular weight is 330 g/mol. The molecule has 128 valence electrons. The van der Waals surface area contributed by atoms with Crippen molar-refractivity contribution < 1.29 is 23.0 Å². The molecule has 0 amide bonds. The summed E-state index contributed by atoms with van der Waals surface area (Å²) in [6.07, 6.45) is -1.63. The molecule has 2 N–H and O–H groups in total. The van der Waals surface area contributed by atoms with E-state index in [-0.39, 0.29) is 6.04 Å². The number of phenolic OH excluding ortho intramolecular Hbond substituents is 1.